The third-order valence-corrected chi connectivity index (χ3v) is 3.85. The van der Waals surface area contributed by atoms with Gasteiger partial charge in [-0.1, -0.05) is 12.1 Å². The highest BCUT2D eigenvalue weighted by atomic mass is 19.3. The van der Waals surface area contributed by atoms with Crippen LogP contribution in [-0.4, -0.2) is 39.7 Å². The zero-order chi connectivity index (χ0) is 18.0. The van der Waals surface area contributed by atoms with Crippen LogP contribution in [0.3, 0.4) is 0 Å². The van der Waals surface area contributed by atoms with Gasteiger partial charge in [0.1, 0.15) is 11.8 Å². The van der Waals surface area contributed by atoms with E-state index in [1.54, 1.807) is 31.2 Å². The number of rotatable bonds is 5. The number of halogens is 2. The van der Waals surface area contributed by atoms with Gasteiger partial charge in [0.05, 0.1) is 12.3 Å². The molecule has 0 saturated carbocycles. The second-order valence-corrected chi connectivity index (χ2v) is 5.77. The maximum Gasteiger partial charge on any atom is 0.295 e. The molecule has 0 spiro atoms. The number of hydrogen-bond donors (Lipinski definition) is 2. The highest BCUT2D eigenvalue weighted by Gasteiger charge is 2.34. The standard InChI is InChI=1S/C16H19F2N5O2/c1-3-25-12-7-5-4-6-10(12)20-15(24)14-21-16-19-9(2)8-11(13(17)18)23(16)22-14/h4-7,9,11,13H,3,8H2,1-2H3,(H,20,24)(H,19,21,22)/t9-,11-/m1/s1. The first-order valence-corrected chi connectivity index (χ1v) is 8.04. The lowest BCUT2D eigenvalue weighted by atomic mass is 10.1. The number of amides is 1. The van der Waals surface area contributed by atoms with E-state index in [9.17, 15) is 13.6 Å². The number of benzene rings is 1. The Bertz CT molecular complexity index is 765. The molecular weight excluding hydrogens is 332 g/mol. The molecular formula is C16H19F2N5O2. The van der Waals surface area contributed by atoms with Crippen molar-refractivity contribution in [2.75, 3.05) is 17.2 Å². The van der Waals surface area contributed by atoms with Crippen LogP contribution < -0.4 is 15.4 Å². The summed E-state index contributed by atoms with van der Waals surface area (Å²) in [6, 6.07) is 5.66. The number of carbonyl (C=O) groups is 1. The fourth-order valence-electron chi connectivity index (χ4n) is 2.73. The lowest BCUT2D eigenvalue weighted by Gasteiger charge is -2.28. The number of ether oxygens (including phenoxy) is 1. The Morgan fingerprint density at radius 3 is 2.96 bits per heavy atom. The van der Waals surface area contributed by atoms with Crippen LogP contribution in [0.15, 0.2) is 24.3 Å². The van der Waals surface area contributed by atoms with Crippen LogP contribution in [0.1, 0.15) is 36.9 Å². The third kappa shape index (κ3) is 3.54. The summed E-state index contributed by atoms with van der Waals surface area (Å²) >= 11 is 0. The topological polar surface area (TPSA) is 81.1 Å². The van der Waals surface area contributed by atoms with Gasteiger partial charge in [0.2, 0.25) is 11.8 Å². The fraction of sp³-hybridized carbons (Fsp3) is 0.438. The average Bonchev–Trinajstić information content (AvgIpc) is 2.99. The number of nitrogens with zero attached hydrogens (tertiary/aromatic N) is 3. The molecule has 0 fully saturated rings. The largest absolute Gasteiger partial charge is 0.492 e. The van der Waals surface area contributed by atoms with Crippen molar-refractivity contribution >= 4 is 17.5 Å². The summed E-state index contributed by atoms with van der Waals surface area (Å²) in [5, 5.41) is 9.60. The number of fused-ring (bicyclic) bond motifs is 1. The van der Waals surface area contributed by atoms with Crippen molar-refractivity contribution in [2.24, 2.45) is 0 Å². The molecule has 1 amide bonds. The molecule has 0 radical (unpaired) electrons. The predicted octanol–water partition coefficient (Wildman–Crippen LogP) is 2.94. The number of carbonyl (C=O) groups excluding carboxylic acids is 1. The minimum atomic E-state index is -2.58. The molecule has 1 aliphatic rings. The van der Waals surface area contributed by atoms with E-state index in [1.165, 1.54) is 0 Å². The minimum Gasteiger partial charge on any atom is -0.492 e. The van der Waals surface area contributed by atoms with E-state index in [0.717, 1.165) is 4.68 Å². The van der Waals surface area contributed by atoms with E-state index in [1.807, 2.05) is 6.92 Å². The molecule has 2 N–H and O–H groups in total. The molecule has 1 aromatic heterocycles. The Morgan fingerprint density at radius 1 is 1.48 bits per heavy atom. The fourth-order valence-corrected chi connectivity index (χ4v) is 2.73. The van der Waals surface area contributed by atoms with Crippen LogP contribution in [0, 0.1) is 0 Å². The van der Waals surface area contributed by atoms with Crippen molar-refractivity contribution in [2.45, 2.75) is 38.8 Å². The molecule has 0 saturated heterocycles. The van der Waals surface area contributed by atoms with E-state index in [-0.39, 0.29) is 24.2 Å². The Morgan fingerprint density at radius 2 is 2.24 bits per heavy atom. The van der Waals surface area contributed by atoms with Crippen molar-refractivity contribution in [1.29, 1.82) is 0 Å². The third-order valence-electron chi connectivity index (χ3n) is 3.85. The van der Waals surface area contributed by atoms with Gasteiger partial charge in [-0.2, -0.15) is 4.98 Å². The van der Waals surface area contributed by atoms with Gasteiger partial charge in [0.15, 0.2) is 0 Å². The summed E-state index contributed by atoms with van der Waals surface area (Å²) in [6.07, 6.45) is -2.37. The van der Waals surface area contributed by atoms with Crippen LogP contribution in [-0.2, 0) is 0 Å². The van der Waals surface area contributed by atoms with Crippen LogP contribution in [0.4, 0.5) is 20.4 Å². The molecule has 7 nitrogen and oxygen atoms in total. The summed E-state index contributed by atoms with van der Waals surface area (Å²) in [4.78, 5) is 16.5. The van der Waals surface area contributed by atoms with Crippen LogP contribution in [0.5, 0.6) is 5.75 Å². The Labute approximate surface area is 143 Å². The van der Waals surface area contributed by atoms with Gasteiger partial charge in [-0.25, -0.2) is 13.5 Å². The number of anilines is 2. The van der Waals surface area contributed by atoms with Crippen molar-refractivity contribution in [3.8, 4) is 5.75 Å². The molecule has 2 aromatic rings. The summed E-state index contributed by atoms with van der Waals surface area (Å²) in [7, 11) is 0. The van der Waals surface area contributed by atoms with Crippen molar-refractivity contribution in [3.05, 3.63) is 30.1 Å². The van der Waals surface area contributed by atoms with Gasteiger partial charge >= 0.3 is 0 Å². The maximum atomic E-state index is 13.2. The first kappa shape index (κ1) is 17.1. The lowest BCUT2D eigenvalue weighted by Crippen LogP contribution is -2.33. The summed E-state index contributed by atoms with van der Waals surface area (Å²) < 4.78 is 33.0. The number of aromatic nitrogens is 3. The van der Waals surface area contributed by atoms with Gasteiger partial charge in [0.25, 0.3) is 12.3 Å². The highest BCUT2D eigenvalue weighted by Crippen LogP contribution is 2.30. The van der Waals surface area contributed by atoms with Crippen LogP contribution in [0.2, 0.25) is 0 Å². The van der Waals surface area contributed by atoms with E-state index in [4.69, 9.17) is 4.74 Å². The van der Waals surface area contributed by atoms with Crippen molar-refractivity contribution in [1.82, 2.24) is 14.8 Å². The Hall–Kier alpha value is -2.71. The van der Waals surface area contributed by atoms with E-state index >= 15 is 0 Å². The Kier molecular flexibility index (Phi) is 4.82. The molecule has 3 rings (SSSR count). The number of nitrogens with one attached hydrogen (secondary N) is 2. The average molecular weight is 351 g/mol. The molecule has 0 bridgehead atoms. The predicted molar refractivity (Wildman–Crippen MR) is 88.3 cm³/mol. The maximum absolute atomic E-state index is 13.2. The van der Waals surface area contributed by atoms with Gasteiger partial charge in [-0.3, -0.25) is 4.79 Å². The zero-order valence-electron chi connectivity index (χ0n) is 13.9. The molecule has 9 heteroatoms. The molecule has 25 heavy (non-hydrogen) atoms. The van der Waals surface area contributed by atoms with E-state index in [0.29, 0.717) is 18.0 Å². The normalized spacial score (nSPS) is 19.2. The smallest absolute Gasteiger partial charge is 0.295 e. The molecule has 1 aliphatic heterocycles. The lowest BCUT2D eigenvalue weighted by molar-refractivity contribution is 0.0662. The van der Waals surface area contributed by atoms with E-state index < -0.39 is 18.4 Å². The second-order valence-electron chi connectivity index (χ2n) is 5.77. The van der Waals surface area contributed by atoms with Gasteiger partial charge in [-0.15, -0.1) is 5.10 Å². The number of alkyl halides is 2. The number of hydrogen-bond acceptors (Lipinski definition) is 5. The Balaban J connectivity index is 1.84. The molecule has 1 aromatic carbocycles. The van der Waals surface area contributed by atoms with Crippen molar-refractivity contribution < 1.29 is 18.3 Å². The summed E-state index contributed by atoms with van der Waals surface area (Å²) in [6.45, 7) is 4.06. The minimum absolute atomic E-state index is 0.173. The molecule has 2 atom stereocenters. The quantitative estimate of drug-likeness (QED) is 0.866. The zero-order valence-corrected chi connectivity index (χ0v) is 13.9. The molecule has 0 unspecified atom stereocenters. The summed E-state index contributed by atoms with van der Waals surface area (Å²) in [5.41, 5.74) is 0.467. The SMILES string of the molecule is CCOc1ccccc1NC(=O)c1nc2n(n1)[C@@H](C(F)F)C[C@@H](C)N2. The monoisotopic (exact) mass is 351 g/mol. The number of para-hydroxylation sites is 2. The second kappa shape index (κ2) is 7.04. The van der Waals surface area contributed by atoms with E-state index in [2.05, 4.69) is 20.7 Å². The van der Waals surface area contributed by atoms with Crippen LogP contribution >= 0.6 is 0 Å². The first-order chi connectivity index (χ1) is 12.0. The first-order valence-electron chi connectivity index (χ1n) is 8.04. The van der Waals surface area contributed by atoms with Gasteiger partial charge < -0.3 is 15.4 Å². The van der Waals surface area contributed by atoms with Gasteiger partial charge in [-0.05, 0) is 32.4 Å². The van der Waals surface area contributed by atoms with Crippen molar-refractivity contribution in [3.63, 3.8) is 0 Å². The summed E-state index contributed by atoms with van der Waals surface area (Å²) in [5.74, 6) is -0.0723. The molecule has 2 heterocycles. The highest BCUT2D eigenvalue weighted by molar-refractivity contribution is 6.02. The van der Waals surface area contributed by atoms with Gasteiger partial charge in [0, 0.05) is 6.04 Å². The molecule has 134 valence electrons. The van der Waals surface area contributed by atoms with Crippen LogP contribution in [0.25, 0.3) is 0 Å². The molecule has 0 aliphatic carbocycles.